The van der Waals surface area contributed by atoms with Crippen molar-refractivity contribution in [1.29, 1.82) is 0 Å². The Kier molecular flexibility index (Phi) is 6.02. The van der Waals surface area contributed by atoms with Gasteiger partial charge < -0.3 is 10.1 Å². The van der Waals surface area contributed by atoms with E-state index in [1.165, 1.54) is 0 Å². The van der Waals surface area contributed by atoms with E-state index < -0.39 is 10.0 Å². The summed E-state index contributed by atoms with van der Waals surface area (Å²) in [5.74, 6) is 1.33. The van der Waals surface area contributed by atoms with E-state index in [9.17, 15) is 8.42 Å². The third-order valence-corrected chi connectivity index (χ3v) is 5.57. The summed E-state index contributed by atoms with van der Waals surface area (Å²) >= 11 is 0. The predicted molar refractivity (Wildman–Crippen MR) is 87.6 cm³/mol. The molecule has 22 heavy (non-hydrogen) atoms. The number of ether oxygens (including phenoxy) is 1. The molecule has 2 N–H and O–H groups in total. The van der Waals surface area contributed by atoms with Crippen molar-refractivity contribution in [3.63, 3.8) is 0 Å². The monoisotopic (exact) mass is 327 g/mol. The van der Waals surface area contributed by atoms with Gasteiger partial charge in [-0.1, -0.05) is 0 Å². The molecular weight excluding hydrogens is 302 g/mol. The summed E-state index contributed by atoms with van der Waals surface area (Å²) in [5, 5.41) is 3.38. The molecule has 7 heteroatoms. The van der Waals surface area contributed by atoms with E-state index in [4.69, 9.17) is 4.74 Å². The molecule has 0 bridgehead atoms. The Labute approximate surface area is 132 Å². The molecule has 1 aromatic rings. The Morgan fingerprint density at radius 2 is 2.00 bits per heavy atom. The zero-order valence-corrected chi connectivity index (χ0v) is 14.0. The normalized spacial score (nSPS) is 22.3. The summed E-state index contributed by atoms with van der Waals surface area (Å²) in [6, 6.07) is 3.88. The number of nitrogens with one attached hydrogen (secondary N) is 2. The van der Waals surface area contributed by atoms with Gasteiger partial charge in [0.05, 0.1) is 24.7 Å². The van der Waals surface area contributed by atoms with Crippen LogP contribution in [0.3, 0.4) is 0 Å². The molecule has 0 amide bonds. The lowest BCUT2D eigenvalue weighted by Crippen LogP contribution is -2.39. The van der Waals surface area contributed by atoms with Crippen molar-refractivity contribution < 1.29 is 13.2 Å². The van der Waals surface area contributed by atoms with Crippen molar-refractivity contribution in [1.82, 2.24) is 9.71 Å². The molecule has 2 rings (SSSR count). The van der Waals surface area contributed by atoms with Gasteiger partial charge in [0.25, 0.3) is 0 Å². The van der Waals surface area contributed by atoms with Crippen LogP contribution in [-0.4, -0.2) is 38.9 Å². The van der Waals surface area contributed by atoms with Crippen LogP contribution in [0.2, 0.25) is 0 Å². The van der Waals surface area contributed by atoms with Gasteiger partial charge in [-0.15, -0.1) is 0 Å². The summed E-state index contributed by atoms with van der Waals surface area (Å²) < 4.78 is 31.0. The average molecular weight is 327 g/mol. The van der Waals surface area contributed by atoms with Crippen molar-refractivity contribution in [2.45, 2.75) is 38.6 Å². The highest BCUT2D eigenvalue weighted by atomic mass is 32.2. The van der Waals surface area contributed by atoms with Gasteiger partial charge in [0, 0.05) is 18.7 Å². The number of pyridine rings is 1. The van der Waals surface area contributed by atoms with Crippen molar-refractivity contribution >= 4 is 15.7 Å². The zero-order chi connectivity index (χ0) is 16.0. The molecule has 124 valence electrons. The van der Waals surface area contributed by atoms with Crippen LogP contribution in [0.15, 0.2) is 18.3 Å². The topological polar surface area (TPSA) is 80.3 Å². The smallest absolute Gasteiger partial charge is 0.213 e. The highest BCUT2D eigenvalue weighted by Gasteiger charge is 2.23. The molecule has 0 spiro atoms. The first-order valence-electron chi connectivity index (χ1n) is 7.76. The second-order valence-corrected chi connectivity index (χ2v) is 7.75. The Balaban J connectivity index is 1.73. The van der Waals surface area contributed by atoms with E-state index in [1.54, 1.807) is 20.2 Å². The van der Waals surface area contributed by atoms with Crippen LogP contribution < -0.4 is 14.8 Å². The molecule has 1 saturated carbocycles. The van der Waals surface area contributed by atoms with Crippen LogP contribution in [-0.2, 0) is 10.0 Å². The number of hydrogen-bond acceptors (Lipinski definition) is 5. The number of sulfonamides is 1. The number of aromatic nitrogens is 1. The van der Waals surface area contributed by atoms with Crippen LogP contribution in [0.5, 0.6) is 5.88 Å². The molecule has 0 radical (unpaired) electrons. The van der Waals surface area contributed by atoms with E-state index in [0.717, 1.165) is 37.9 Å². The predicted octanol–water partition coefficient (Wildman–Crippen LogP) is 2.00. The molecular formula is C15H25N3O3S. The lowest BCUT2D eigenvalue weighted by Gasteiger charge is -2.29. The van der Waals surface area contributed by atoms with Gasteiger partial charge in [-0.25, -0.2) is 18.1 Å². The maximum absolute atomic E-state index is 11.6. The molecule has 1 fully saturated rings. The Hall–Kier alpha value is -1.34. The van der Waals surface area contributed by atoms with Gasteiger partial charge >= 0.3 is 0 Å². The van der Waals surface area contributed by atoms with Gasteiger partial charge in [0.2, 0.25) is 15.9 Å². The number of rotatable bonds is 7. The highest BCUT2D eigenvalue weighted by molar-refractivity contribution is 7.89. The standard InChI is InChI=1S/C15H25N3O3S/c1-3-22(19,20)18-13-6-4-12(5-7-13)10-16-14-8-9-15(21-2)17-11-14/h8-9,11-13,16,18H,3-7,10H2,1-2H3. The molecule has 0 saturated heterocycles. The second-order valence-electron chi connectivity index (χ2n) is 5.71. The second kappa shape index (κ2) is 7.78. The van der Waals surface area contributed by atoms with Gasteiger partial charge in [0.1, 0.15) is 0 Å². The van der Waals surface area contributed by atoms with Crippen LogP contribution in [0.1, 0.15) is 32.6 Å². The van der Waals surface area contributed by atoms with Gasteiger partial charge in [-0.3, -0.25) is 0 Å². The molecule has 1 heterocycles. The number of anilines is 1. The third kappa shape index (κ3) is 5.14. The minimum absolute atomic E-state index is 0.101. The quantitative estimate of drug-likeness (QED) is 0.800. The van der Waals surface area contributed by atoms with Crippen LogP contribution in [0.4, 0.5) is 5.69 Å². The SMILES string of the molecule is CCS(=O)(=O)NC1CCC(CNc2ccc(OC)nc2)CC1. The van der Waals surface area contributed by atoms with Crippen LogP contribution in [0.25, 0.3) is 0 Å². The molecule has 0 atom stereocenters. The van der Waals surface area contributed by atoms with E-state index >= 15 is 0 Å². The van der Waals surface area contributed by atoms with Crippen molar-refractivity contribution in [2.24, 2.45) is 5.92 Å². The van der Waals surface area contributed by atoms with E-state index in [1.807, 2.05) is 12.1 Å². The summed E-state index contributed by atoms with van der Waals surface area (Å²) in [4.78, 5) is 4.16. The first-order valence-corrected chi connectivity index (χ1v) is 9.41. The summed E-state index contributed by atoms with van der Waals surface area (Å²) in [5.41, 5.74) is 0.981. The minimum atomic E-state index is -3.08. The largest absolute Gasteiger partial charge is 0.481 e. The minimum Gasteiger partial charge on any atom is -0.481 e. The molecule has 0 aromatic carbocycles. The van der Waals surface area contributed by atoms with Crippen LogP contribution in [0, 0.1) is 5.92 Å². The van der Waals surface area contributed by atoms with Crippen LogP contribution >= 0.6 is 0 Å². The molecule has 0 unspecified atom stereocenters. The number of methoxy groups -OCH3 is 1. The molecule has 1 aliphatic carbocycles. The fourth-order valence-corrected chi connectivity index (χ4v) is 3.60. The van der Waals surface area contributed by atoms with E-state index in [0.29, 0.717) is 11.8 Å². The summed E-state index contributed by atoms with van der Waals surface area (Å²) in [7, 11) is -1.49. The van der Waals surface area contributed by atoms with Crippen molar-refractivity contribution in [3.05, 3.63) is 18.3 Å². The van der Waals surface area contributed by atoms with Gasteiger partial charge in [-0.05, 0) is 44.6 Å². The Bertz CT molecular complexity index is 552. The summed E-state index contributed by atoms with van der Waals surface area (Å²) in [6.07, 6.45) is 5.65. The first-order chi connectivity index (χ1) is 10.5. The summed E-state index contributed by atoms with van der Waals surface area (Å²) in [6.45, 7) is 2.56. The van der Waals surface area contributed by atoms with Crippen molar-refractivity contribution in [3.8, 4) is 5.88 Å². The fourth-order valence-electron chi connectivity index (χ4n) is 2.69. The highest BCUT2D eigenvalue weighted by Crippen LogP contribution is 2.25. The maximum Gasteiger partial charge on any atom is 0.213 e. The molecule has 1 aromatic heterocycles. The van der Waals surface area contributed by atoms with Crippen molar-refractivity contribution in [2.75, 3.05) is 24.7 Å². The first kappa shape index (κ1) is 17.0. The zero-order valence-electron chi connectivity index (χ0n) is 13.2. The molecule has 0 aliphatic heterocycles. The number of nitrogens with zero attached hydrogens (tertiary/aromatic N) is 1. The molecule has 1 aliphatic rings. The lowest BCUT2D eigenvalue weighted by molar-refractivity contribution is 0.324. The van der Waals surface area contributed by atoms with Gasteiger partial charge in [-0.2, -0.15) is 0 Å². The third-order valence-electron chi connectivity index (χ3n) is 4.11. The maximum atomic E-state index is 11.6. The fraction of sp³-hybridized carbons (Fsp3) is 0.667. The Morgan fingerprint density at radius 1 is 1.27 bits per heavy atom. The lowest BCUT2D eigenvalue weighted by atomic mass is 9.86. The number of hydrogen-bond donors (Lipinski definition) is 2. The molecule has 6 nitrogen and oxygen atoms in total. The van der Waals surface area contributed by atoms with E-state index in [2.05, 4.69) is 15.0 Å². The Morgan fingerprint density at radius 3 is 2.55 bits per heavy atom. The average Bonchev–Trinajstić information content (AvgIpc) is 2.54. The van der Waals surface area contributed by atoms with Gasteiger partial charge in [0.15, 0.2) is 0 Å². The van der Waals surface area contributed by atoms with E-state index in [-0.39, 0.29) is 11.8 Å².